The van der Waals surface area contributed by atoms with Crippen LogP contribution in [0.4, 0.5) is 5.82 Å². The Morgan fingerprint density at radius 3 is 2.60 bits per heavy atom. The van der Waals surface area contributed by atoms with Crippen molar-refractivity contribution in [1.29, 1.82) is 0 Å². The quantitative estimate of drug-likeness (QED) is 0.891. The molecule has 0 radical (unpaired) electrons. The number of hydrogen-bond donors (Lipinski definition) is 1. The van der Waals surface area contributed by atoms with Gasteiger partial charge in [0.25, 0.3) is 0 Å². The smallest absolute Gasteiger partial charge is 0.129 e. The third-order valence-electron chi connectivity index (χ3n) is 4.66. The highest BCUT2D eigenvalue weighted by molar-refractivity contribution is 5.43. The topological polar surface area (TPSA) is 28.2 Å². The van der Waals surface area contributed by atoms with E-state index in [2.05, 4.69) is 36.3 Å². The summed E-state index contributed by atoms with van der Waals surface area (Å²) < 4.78 is 0. The third-order valence-corrected chi connectivity index (χ3v) is 4.66. The third kappa shape index (κ3) is 3.51. The van der Waals surface area contributed by atoms with Crippen LogP contribution in [0.1, 0.15) is 56.2 Å². The summed E-state index contributed by atoms with van der Waals surface area (Å²) in [7, 11) is 2.22. The maximum atomic E-state index is 4.75. The van der Waals surface area contributed by atoms with Gasteiger partial charge in [-0.2, -0.15) is 0 Å². The fourth-order valence-electron chi connectivity index (χ4n) is 3.21. The first-order chi connectivity index (χ1) is 9.72. The zero-order valence-corrected chi connectivity index (χ0v) is 12.9. The Labute approximate surface area is 122 Å². The lowest BCUT2D eigenvalue weighted by Crippen LogP contribution is -2.34. The van der Waals surface area contributed by atoms with E-state index in [1.54, 1.807) is 0 Å². The van der Waals surface area contributed by atoms with Gasteiger partial charge < -0.3 is 10.2 Å². The van der Waals surface area contributed by atoms with Crippen molar-refractivity contribution in [1.82, 2.24) is 10.3 Å². The fourth-order valence-corrected chi connectivity index (χ4v) is 3.21. The van der Waals surface area contributed by atoms with E-state index >= 15 is 0 Å². The second-order valence-electron chi connectivity index (χ2n) is 6.53. The summed E-state index contributed by atoms with van der Waals surface area (Å²) in [5.41, 5.74) is 2.51. The van der Waals surface area contributed by atoms with E-state index in [0.29, 0.717) is 6.04 Å². The van der Waals surface area contributed by atoms with Crippen LogP contribution in [0, 0.1) is 6.92 Å². The Hall–Kier alpha value is -1.09. The van der Waals surface area contributed by atoms with Crippen molar-refractivity contribution in [3.8, 4) is 0 Å². The van der Waals surface area contributed by atoms with Gasteiger partial charge >= 0.3 is 0 Å². The van der Waals surface area contributed by atoms with Crippen molar-refractivity contribution in [3.05, 3.63) is 23.4 Å². The summed E-state index contributed by atoms with van der Waals surface area (Å²) in [6.07, 6.45) is 9.48. The van der Waals surface area contributed by atoms with Gasteiger partial charge in [-0.05, 0) is 50.3 Å². The van der Waals surface area contributed by atoms with Gasteiger partial charge in [0.15, 0.2) is 0 Å². The molecule has 1 aromatic heterocycles. The number of anilines is 1. The van der Waals surface area contributed by atoms with E-state index in [4.69, 9.17) is 4.98 Å². The monoisotopic (exact) mass is 273 g/mol. The van der Waals surface area contributed by atoms with Crippen molar-refractivity contribution in [2.24, 2.45) is 0 Å². The number of rotatable bonds is 5. The van der Waals surface area contributed by atoms with E-state index in [0.717, 1.165) is 24.1 Å². The first kappa shape index (κ1) is 13.9. The molecule has 0 amide bonds. The number of nitrogens with one attached hydrogen (secondary N) is 1. The molecule has 2 saturated carbocycles. The molecule has 0 bridgehead atoms. The lowest BCUT2D eigenvalue weighted by molar-refractivity contribution is 0.426. The summed E-state index contributed by atoms with van der Waals surface area (Å²) in [5, 5.41) is 3.60. The van der Waals surface area contributed by atoms with Crippen LogP contribution in [0.5, 0.6) is 0 Å². The van der Waals surface area contributed by atoms with Crippen molar-refractivity contribution >= 4 is 5.82 Å². The average molecular weight is 273 g/mol. The molecule has 3 nitrogen and oxygen atoms in total. The Morgan fingerprint density at radius 1 is 1.15 bits per heavy atom. The van der Waals surface area contributed by atoms with Crippen LogP contribution in [-0.4, -0.2) is 24.1 Å². The number of hydrogen-bond acceptors (Lipinski definition) is 3. The normalized spacial score (nSPS) is 20.1. The molecule has 0 aliphatic heterocycles. The van der Waals surface area contributed by atoms with Gasteiger partial charge in [-0.3, -0.25) is 0 Å². The van der Waals surface area contributed by atoms with Crippen LogP contribution in [0.2, 0.25) is 0 Å². The van der Waals surface area contributed by atoms with Gasteiger partial charge in [0.1, 0.15) is 5.82 Å². The molecule has 2 fully saturated rings. The van der Waals surface area contributed by atoms with Crippen molar-refractivity contribution in [2.45, 2.75) is 70.5 Å². The van der Waals surface area contributed by atoms with E-state index < -0.39 is 0 Å². The molecular formula is C17H27N3. The van der Waals surface area contributed by atoms with Gasteiger partial charge in [-0.15, -0.1) is 0 Å². The van der Waals surface area contributed by atoms with Crippen LogP contribution in [0.15, 0.2) is 12.1 Å². The Kier molecular flexibility index (Phi) is 4.25. The van der Waals surface area contributed by atoms with E-state index in [1.165, 1.54) is 50.5 Å². The Morgan fingerprint density at radius 2 is 1.90 bits per heavy atom. The highest BCUT2D eigenvalue weighted by Gasteiger charge is 2.21. The summed E-state index contributed by atoms with van der Waals surface area (Å²) in [5.74, 6) is 1.16. The molecule has 20 heavy (non-hydrogen) atoms. The van der Waals surface area contributed by atoms with E-state index in [-0.39, 0.29) is 0 Å². The van der Waals surface area contributed by atoms with Gasteiger partial charge in [0.05, 0.1) is 0 Å². The molecule has 3 heteroatoms. The maximum Gasteiger partial charge on any atom is 0.129 e. The number of pyridine rings is 1. The van der Waals surface area contributed by atoms with Crippen LogP contribution in [-0.2, 0) is 6.54 Å². The molecule has 3 rings (SSSR count). The van der Waals surface area contributed by atoms with Gasteiger partial charge in [-0.25, -0.2) is 4.98 Å². The molecule has 0 atom stereocenters. The number of nitrogens with zero attached hydrogens (tertiary/aromatic N) is 2. The van der Waals surface area contributed by atoms with Crippen molar-refractivity contribution in [2.75, 3.05) is 11.9 Å². The zero-order chi connectivity index (χ0) is 13.9. The molecular weight excluding hydrogens is 246 g/mol. The first-order valence-corrected chi connectivity index (χ1v) is 8.16. The number of aryl methyl sites for hydroxylation is 1. The SMILES string of the molecule is Cc1cc(CNC2CC2)cc(N(C)C2CCCCC2)n1. The summed E-state index contributed by atoms with van der Waals surface area (Å²) in [6.45, 7) is 3.10. The molecule has 0 spiro atoms. The van der Waals surface area contributed by atoms with Crippen molar-refractivity contribution < 1.29 is 0 Å². The lowest BCUT2D eigenvalue weighted by Gasteiger charge is -2.32. The zero-order valence-electron chi connectivity index (χ0n) is 12.9. The van der Waals surface area contributed by atoms with Gasteiger partial charge in [0, 0.05) is 31.4 Å². The van der Waals surface area contributed by atoms with Crippen LogP contribution in [0.3, 0.4) is 0 Å². The predicted octanol–water partition coefficient (Wildman–Crippen LogP) is 3.41. The highest BCUT2D eigenvalue weighted by Crippen LogP contribution is 2.26. The molecule has 0 saturated heterocycles. The molecule has 110 valence electrons. The Balaban J connectivity index is 1.69. The van der Waals surface area contributed by atoms with Crippen LogP contribution in [0.25, 0.3) is 0 Å². The minimum atomic E-state index is 0.683. The minimum Gasteiger partial charge on any atom is -0.357 e. The highest BCUT2D eigenvalue weighted by atomic mass is 15.2. The summed E-state index contributed by atoms with van der Waals surface area (Å²) >= 11 is 0. The Bertz CT molecular complexity index is 448. The average Bonchev–Trinajstić information content (AvgIpc) is 3.29. The summed E-state index contributed by atoms with van der Waals surface area (Å²) in [6, 6.07) is 5.94. The minimum absolute atomic E-state index is 0.683. The molecule has 2 aliphatic rings. The standard InChI is InChI=1S/C17H27N3/c1-13-10-14(12-18-15-8-9-15)11-17(19-13)20(2)16-6-4-3-5-7-16/h10-11,15-16,18H,3-9,12H2,1-2H3. The van der Waals surface area contributed by atoms with E-state index in [1.807, 2.05) is 0 Å². The van der Waals surface area contributed by atoms with Gasteiger partial charge in [0.2, 0.25) is 0 Å². The van der Waals surface area contributed by atoms with Crippen molar-refractivity contribution in [3.63, 3.8) is 0 Å². The lowest BCUT2D eigenvalue weighted by atomic mass is 9.94. The second kappa shape index (κ2) is 6.13. The maximum absolute atomic E-state index is 4.75. The molecule has 2 aliphatic carbocycles. The second-order valence-corrected chi connectivity index (χ2v) is 6.53. The molecule has 1 aromatic rings. The summed E-state index contributed by atoms with van der Waals surface area (Å²) in [4.78, 5) is 7.16. The molecule has 0 aromatic carbocycles. The molecule has 1 N–H and O–H groups in total. The van der Waals surface area contributed by atoms with Gasteiger partial charge in [-0.1, -0.05) is 19.3 Å². The largest absolute Gasteiger partial charge is 0.357 e. The van der Waals surface area contributed by atoms with Crippen LogP contribution < -0.4 is 10.2 Å². The van der Waals surface area contributed by atoms with Crippen LogP contribution >= 0.6 is 0 Å². The number of aromatic nitrogens is 1. The first-order valence-electron chi connectivity index (χ1n) is 8.16. The molecule has 1 heterocycles. The predicted molar refractivity (Wildman–Crippen MR) is 84.1 cm³/mol. The fraction of sp³-hybridized carbons (Fsp3) is 0.706. The van der Waals surface area contributed by atoms with E-state index in [9.17, 15) is 0 Å². The molecule has 0 unspecified atom stereocenters.